The average Bonchev–Trinajstić information content (AvgIpc) is 3.08. The Morgan fingerprint density at radius 2 is 1.53 bits per heavy atom. The van der Waals surface area contributed by atoms with Crippen molar-refractivity contribution < 1.29 is 18.4 Å². The molecule has 0 bridgehead atoms. The molecule has 0 aliphatic heterocycles. The van der Waals surface area contributed by atoms with E-state index in [1.165, 1.54) is 0 Å². The van der Waals surface area contributed by atoms with Crippen LogP contribution in [0.3, 0.4) is 0 Å². The second kappa shape index (κ2) is 6.48. The molecule has 0 amide bonds. The van der Waals surface area contributed by atoms with Crippen LogP contribution in [-0.4, -0.2) is 18.7 Å². The van der Waals surface area contributed by atoms with Gasteiger partial charge in [0, 0.05) is 7.92 Å². The van der Waals surface area contributed by atoms with Crippen LogP contribution >= 0.6 is 7.92 Å². The Labute approximate surface area is 112 Å². The van der Waals surface area contributed by atoms with E-state index in [0.29, 0.717) is 24.1 Å². The fraction of sp³-hybridized carbons (Fsp3) is 0.286. The van der Waals surface area contributed by atoms with Gasteiger partial charge >= 0.3 is 0 Å². The third-order valence-corrected chi connectivity index (χ3v) is 5.03. The second-order valence-corrected chi connectivity index (χ2v) is 6.28. The molecule has 5 heteroatoms. The summed E-state index contributed by atoms with van der Waals surface area (Å²) in [5, 5.41) is 0. The van der Waals surface area contributed by atoms with Crippen molar-refractivity contribution in [3.8, 4) is 0 Å². The fourth-order valence-corrected chi connectivity index (χ4v) is 3.98. The minimum Gasteiger partial charge on any atom is -0.453 e. The van der Waals surface area contributed by atoms with Gasteiger partial charge in [-0.25, -0.2) is 0 Å². The number of unbranched alkanes of at least 4 members (excludes halogenated alkanes) is 1. The van der Waals surface area contributed by atoms with Gasteiger partial charge in [-0.3, -0.25) is 9.59 Å². The third-order valence-electron chi connectivity index (χ3n) is 2.72. The maximum Gasteiger partial charge on any atom is 0.185 e. The zero-order chi connectivity index (χ0) is 13.7. The third kappa shape index (κ3) is 3.21. The molecule has 0 saturated heterocycles. The molecule has 2 heterocycles. The molecule has 0 aliphatic rings. The molecule has 0 atom stereocenters. The summed E-state index contributed by atoms with van der Waals surface area (Å²) in [5.74, 6) is 0.641. The predicted octanol–water partition coefficient (Wildman–Crippen LogP) is 2.73. The lowest BCUT2D eigenvalue weighted by Gasteiger charge is -2.11. The fourth-order valence-electron chi connectivity index (χ4n) is 1.75. The van der Waals surface area contributed by atoms with Gasteiger partial charge in [0.25, 0.3) is 0 Å². The number of rotatable bonds is 7. The normalized spacial score (nSPS) is 10.8. The maximum atomic E-state index is 10.7. The molecule has 0 radical (unpaired) electrons. The number of carbonyl (C=O) groups is 2. The van der Waals surface area contributed by atoms with Gasteiger partial charge in [0.1, 0.15) is 11.0 Å². The first-order chi connectivity index (χ1) is 9.28. The Bertz CT molecular complexity index is 509. The Morgan fingerprint density at radius 1 is 1.00 bits per heavy atom. The van der Waals surface area contributed by atoms with E-state index in [9.17, 15) is 9.59 Å². The molecule has 0 saturated carbocycles. The van der Waals surface area contributed by atoms with Gasteiger partial charge in [0.2, 0.25) is 0 Å². The van der Waals surface area contributed by atoms with Gasteiger partial charge in [0.05, 0.1) is 0 Å². The zero-order valence-electron chi connectivity index (χ0n) is 10.7. The highest BCUT2D eigenvalue weighted by atomic mass is 31.1. The number of furan rings is 2. The highest BCUT2D eigenvalue weighted by molar-refractivity contribution is 7.72. The lowest BCUT2D eigenvalue weighted by Crippen LogP contribution is -2.11. The standard InChI is InChI=1S/C14H15O4P/c1-2-3-8-19(13-6-4-11(9-15)17-13)14-7-5-12(10-16)18-14/h4-7,9-10H,2-3,8H2,1H3. The lowest BCUT2D eigenvalue weighted by atomic mass is 10.4. The Kier molecular flexibility index (Phi) is 4.69. The molecular weight excluding hydrogens is 263 g/mol. The van der Waals surface area contributed by atoms with Crippen LogP contribution in [-0.2, 0) is 0 Å². The molecule has 0 spiro atoms. The molecule has 0 unspecified atom stereocenters. The van der Waals surface area contributed by atoms with Gasteiger partial charge in [0.15, 0.2) is 24.1 Å². The first-order valence-electron chi connectivity index (χ1n) is 6.16. The number of hydrogen-bond donors (Lipinski definition) is 0. The topological polar surface area (TPSA) is 60.4 Å². The van der Waals surface area contributed by atoms with Crippen LogP contribution in [0.1, 0.15) is 40.9 Å². The first-order valence-corrected chi connectivity index (χ1v) is 7.68. The highest BCUT2D eigenvalue weighted by Crippen LogP contribution is 2.35. The number of carbonyl (C=O) groups excluding carboxylic acids is 2. The molecule has 2 aromatic rings. The molecule has 2 aromatic heterocycles. The van der Waals surface area contributed by atoms with E-state index < -0.39 is 7.92 Å². The molecule has 4 nitrogen and oxygen atoms in total. The van der Waals surface area contributed by atoms with Crippen LogP contribution in [0.15, 0.2) is 33.1 Å². The van der Waals surface area contributed by atoms with E-state index in [4.69, 9.17) is 8.83 Å². The summed E-state index contributed by atoms with van der Waals surface area (Å²) >= 11 is 0. The van der Waals surface area contributed by atoms with Crippen LogP contribution in [0.25, 0.3) is 0 Å². The SMILES string of the molecule is CCCCP(c1ccc(C=O)o1)c1ccc(C=O)o1. The van der Waals surface area contributed by atoms with Crippen molar-refractivity contribution in [2.24, 2.45) is 0 Å². The van der Waals surface area contributed by atoms with Gasteiger partial charge < -0.3 is 8.83 Å². The molecule has 100 valence electrons. The summed E-state index contributed by atoms with van der Waals surface area (Å²) in [6, 6.07) is 6.95. The second-order valence-electron chi connectivity index (χ2n) is 4.09. The van der Waals surface area contributed by atoms with E-state index in [-0.39, 0.29) is 0 Å². The van der Waals surface area contributed by atoms with Crippen LogP contribution in [0.4, 0.5) is 0 Å². The lowest BCUT2D eigenvalue weighted by molar-refractivity contribution is 0.109. The van der Waals surface area contributed by atoms with Gasteiger partial charge in [-0.2, -0.15) is 0 Å². The van der Waals surface area contributed by atoms with Crippen LogP contribution in [0.5, 0.6) is 0 Å². The first kappa shape index (κ1) is 13.8. The number of hydrogen-bond acceptors (Lipinski definition) is 4. The summed E-state index contributed by atoms with van der Waals surface area (Å²) in [4.78, 5) is 21.4. The smallest absolute Gasteiger partial charge is 0.185 e. The summed E-state index contributed by atoms with van der Waals surface area (Å²) in [6.07, 6.45) is 4.41. The van der Waals surface area contributed by atoms with Crippen molar-refractivity contribution in [2.75, 3.05) is 6.16 Å². The molecule has 0 fully saturated rings. The molecule has 2 rings (SSSR count). The van der Waals surface area contributed by atoms with Crippen LogP contribution in [0.2, 0.25) is 0 Å². The zero-order valence-corrected chi connectivity index (χ0v) is 11.6. The van der Waals surface area contributed by atoms with Crippen molar-refractivity contribution in [1.82, 2.24) is 0 Å². The Morgan fingerprint density at radius 3 is 1.89 bits per heavy atom. The molecule has 0 N–H and O–H groups in total. The Balaban J connectivity index is 2.28. The van der Waals surface area contributed by atoms with Crippen molar-refractivity contribution >= 4 is 31.5 Å². The quantitative estimate of drug-likeness (QED) is 0.577. The van der Waals surface area contributed by atoms with E-state index in [1.54, 1.807) is 12.1 Å². The van der Waals surface area contributed by atoms with Crippen molar-refractivity contribution in [1.29, 1.82) is 0 Å². The van der Waals surface area contributed by atoms with Crippen molar-refractivity contribution in [3.63, 3.8) is 0 Å². The van der Waals surface area contributed by atoms with E-state index in [0.717, 1.165) is 30.0 Å². The minimum absolute atomic E-state index is 0.321. The minimum atomic E-state index is -0.778. The maximum absolute atomic E-state index is 10.7. The monoisotopic (exact) mass is 278 g/mol. The highest BCUT2D eigenvalue weighted by Gasteiger charge is 2.20. The van der Waals surface area contributed by atoms with Gasteiger partial charge in [-0.15, -0.1) is 0 Å². The average molecular weight is 278 g/mol. The largest absolute Gasteiger partial charge is 0.453 e. The van der Waals surface area contributed by atoms with E-state index >= 15 is 0 Å². The van der Waals surface area contributed by atoms with Crippen LogP contribution in [0, 0.1) is 0 Å². The molecule has 19 heavy (non-hydrogen) atoms. The predicted molar refractivity (Wildman–Crippen MR) is 74.2 cm³/mol. The molecule has 0 aliphatic carbocycles. The van der Waals surface area contributed by atoms with E-state index in [2.05, 4.69) is 6.92 Å². The van der Waals surface area contributed by atoms with Crippen LogP contribution < -0.4 is 11.0 Å². The van der Waals surface area contributed by atoms with Crippen molar-refractivity contribution in [3.05, 3.63) is 35.8 Å². The van der Waals surface area contributed by atoms with Gasteiger partial charge in [-0.05, 0) is 36.8 Å². The van der Waals surface area contributed by atoms with Gasteiger partial charge in [-0.1, -0.05) is 13.3 Å². The Hall–Kier alpha value is -1.67. The summed E-state index contributed by atoms with van der Waals surface area (Å²) < 4.78 is 11.0. The van der Waals surface area contributed by atoms with Crippen molar-refractivity contribution in [2.45, 2.75) is 19.8 Å². The van der Waals surface area contributed by atoms with E-state index in [1.807, 2.05) is 12.1 Å². The molecule has 0 aromatic carbocycles. The summed E-state index contributed by atoms with van der Waals surface area (Å²) in [6.45, 7) is 2.12. The molecular formula is C14H15O4P. The summed E-state index contributed by atoms with van der Waals surface area (Å²) in [7, 11) is -0.778. The summed E-state index contributed by atoms with van der Waals surface area (Å²) in [5.41, 5.74) is 1.52. The number of aldehydes is 2.